The molecule has 1 N–H and O–H groups in total. The second-order valence-electron chi connectivity index (χ2n) is 5.73. The van der Waals surface area contributed by atoms with Gasteiger partial charge in [-0.1, -0.05) is 42.4 Å². The van der Waals surface area contributed by atoms with Crippen LogP contribution in [0.25, 0.3) is 0 Å². The van der Waals surface area contributed by atoms with Crippen molar-refractivity contribution in [2.75, 3.05) is 24.2 Å². The zero-order chi connectivity index (χ0) is 14.5. The summed E-state index contributed by atoms with van der Waals surface area (Å²) >= 11 is 3.08. The van der Waals surface area contributed by atoms with Crippen molar-refractivity contribution in [2.24, 2.45) is 0 Å². The zero-order valence-corrected chi connectivity index (χ0v) is 13.8. The number of carbonyl (C=O) groups excluding carboxylic acids is 1. The molecule has 0 bridgehead atoms. The van der Waals surface area contributed by atoms with Gasteiger partial charge in [-0.05, 0) is 25.7 Å². The third-order valence-corrected chi connectivity index (χ3v) is 6.09. The van der Waals surface area contributed by atoms with Gasteiger partial charge in [0.15, 0.2) is 4.34 Å². The van der Waals surface area contributed by atoms with Gasteiger partial charge in [-0.15, -0.1) is 10.2 Å². The molecule has 0 atom stereocenters. The van der Waals surface area contributed by atoms with E-state index in [1.165, 1.54) is 43.9 Å². The summed E-state index contributed by atoms with van der Waals surface area (Å²) in [6, 6.07) is 0.552. The van der Waals surface area contributed by atoms with Crippen molar-refractivity contribution in [1.29, 1.82) is 0 Å². The van der Waals surface area contributed by atoms with Crippen molar-refractivity contribution in [1.82, 2.24) is 15.1 Å². The number of thioether (sulfide) groups is 1. The van der Waals surface area contributed by atoms with Gasteiger partial charge in [0, 0.05) is 19.1 Å². The molecule has 2 fully saturated rings. The molecule has 1 saturated heterocycles. The summed E-state index contributed by atoms with van der Waals surface area (Å²) in [6.45, 7) is 1.84. The number of likely N-dealkylation sites (tertiary alicyclic amines) is 1. The van der Waals surface area contributed by atoms with Gasteiger partial charge in [-0.2, -0.15) is 0 Å². The third kappa shape index (κ3) is 4.32. The maximum Gasteiger partial charge on any atom is 0.233 e. The van der Waals surface area contributed by atoms with Crippen molar-refractivity contribution >= 4 is 34.1 Å². The fourth-order valence-electron chi connectivity index (χ4n) is 2.93. The summed E-state index contributed by atoms with van der Waals surface area (Å²) < 4.78 is 0.890. The van der Waals surface area contributed by atoms with E-state index in [1.54, 1.807) is 11.3 Å². The quantitative estimate of drug-likeness (QED) is 0.843. The molecular weight excluding hydrogens is 304 g/mol. The van der Waals surface area contributed by atoms with Crippen LogP contribution in [0.2, 0.25) is 0 Å². The minimum atomic E-state index is 0.231. The second kappa shape index (κ2) is 7.45. The summed E-state index contributed by atoms with van der Waals surface area (Å²) in [7, 11) is 0. The van der Waals surface area contributed by atoms with E-state index < -0.39 is 0 Å². The molecule has 2 aliphatic rings. The summed E-state index contributed by atoms with van der Waals surface area (Å²) in [5.74, 6) is 0.715. The van der Waals surface area contributed by atoms with Crippen LogP contribution in [0.4, 0.5) is 5.13 Å². The van der Waals surface area contributed by atoms with Crippen molar-refractivity contribution < 1.29 is 4.79 Å². The molecule has 1 saturated carbocycles. The Kier molecular flexibility index (Phi) is 5.35. The lowest BCUT2D eigenvalue weighted by atomic mass is 9.96. The van der Waals surface area contributed by atoms with Crippen molar-refractivity contribution in [3.63, 3.8) is 0 Å². The Morgan fingerprint density at radius 1 is 1.19 bits per heavy atom. The van der Waals surface area contributed by atoms with E-state index in [0.717, 1.165) is 35.4 Å². The first-order valence-corrected chi connectivity index (χ1v) is 9.62. The van der Waals surface area contributed by atoms with Crippen LogP contribution in [0.15, 0.2) is 4.34 Å². The van der Waals surface area contributed by atoms with Crippen LogP contribution in [0, 0.1) is 0 Å². The monoisotopic (exact) mass is 326 g/mol. The van der Waals surface area contributed by atoms with Crippen LogP contribution >= 0.6 is 23.1 Å². The van der Waals surface area contributed by atoms with Gasteiger partial charge in [0.2, 0.25) is 11.0 Å². The number of anilines is 1. The minimum Gasteiger partial charge on any atom is -0.357 e. The van der Waals surface area contributed by atoms with Crippen molar-refractivity contribution in [2.45, 2.75) is 55.3 Å². The number of rotatable bonds is 5. The van der Waals surface area contributed by atoms with Crippen LogP contribution in [0.3, 0.4) is 0 Å². The van der Waals surface area contributed by atoms with Crippen molar-refractivity contribution in [3.8, 4) is 0 Å². The fraction of sp³-hybridized carbons (Fsp3) is 0.786. The van der Waals surface area contributed by atoms with Gasteiger partial charge in [0.1, 0.15) is 0 Å². The minimum absolute atomic E-state index is 0.231. The number of carbonyl (C=O) groups is 1. The van der Waals surface area contributed by atoms with Gasteiger partial charge < -0.3 is 10.2 Å². The predicted molar refractivity (Wildman–Crippen MR) is 86.9 cm³/mol. The number of aromatic nitrogens is 2. The molecule has 21 heavy (non-hydrogen) atoms. The lowest BCUT2D eigenvalue weighted by Gasteiger charge is -2.21. The lowest BCUT2D eigenvalue weighted by molar-refractivity contribution is -0.127. The van der Waals surface area contributed by atoms with Gasteiger partial charge in [-0.3, -0.25) is 4.79 Å². The SMILES string of the molecule is O=C(CSc1nnc(NC2CCCCC2)s1)N1CCCC1. The Balaban J connectivity index is 1.44. The van der Waals surface area contributed by atoms with Gasteiger partial charge in [0.25, 0.3) is 0 Å². The van der Waals surface area contributed by atoms with E-state index in [2.05, 4.69) is 15.5 Å². The number of amides is 1. The highest BCUT2D eigenvalue weighted by molar-refractivity contribution is 8.01. The first kappa shape index (κ1) is 15.1. The molecular formula is C14H22N4OS2. The first-order chi connectivity index (χ1) is 10.3. The molecule has 7 heteroatoms. The maximum atomic E-state index is 12.0. The van der Waals surface area contributed by atoms with E-state index in [9.17, 15) is 4.79 Å². The van der Waals surface area contributed by atoms with Gasteiger partial charge in [0.05, 0.1) is 5.75 Å². The fourth-order valence-corrected chi connectivity index (χ4v) is 4.66. The van der Waals surface area contributed by atoms with E-state index in [4.69, 9.17) is 0 Å². The van der Waals surface area contributed by atoms with Gasteiger partial charge >= 0.3 is 0 Å². The highest BCUT2D eigenvalue weighted by atomic mass is 32.2. The largest absolute Gasteiger partial charge is 0.357 e. The van der Waals surface area contributed by atoms with E-state index in [1.807, 2.05) is 4.90 Å². The molecule has 1 aromatic heterocycles. The highest BCUT2D eigenvalue weighted by Crippen LogP contribution is 2.28. The Morgan fingerprint density at radius 2 is 1.95 bits per heavy atom. The standard InChI is InChI=1S/C14H22N4OS2/c19-12(18-8-4-5-9-18)10-20-14-17-16-13(21-14)15-11-6-2-1-3-7-11/h11H,1-10H2,(H,15,16). The molecule has 3 rings (SSSR count). The van der Waals surface area contributed by atoms with Crippen LogP contribution in [0.1, 0.15) is 44.9 Å². The number of nitrogens with zero attached hydrogens (tertiary/aromatic N) is 3. The molecule has 1 aliphatic heterocycles. The molecule has 1 amide bonds. The predicted octanol–water partition coefficient (Wildman–Crippen LogP) is 3.00. The van der Waals surface area contributed by atoms with Crippen LogP contribution in [0.5, 0.6) is 0 Å². The average Bonchev–Trinajstić information content (AvgIpc) is 3.17. The van der Waals surface area contributed by atoms with Gasteiger partial charge in [-0.25, -0.2) is 0 Å². The Morgan fingerprint density at radius 3 is 2.71 bits per heavy atom. The smallest absolute Gasteiger partial charge is 0.233 e. The summed E-state index contributed by atoms with van der Waals surface area (Å²) in [5.41, 5.74) is 0. The van der Waals surface area contributed by atoms with E-state index in [0.29, 0.717) is 11.8 Å². The first-order valence-electron chi connectivity index (χ1n) is 7.82. The molecule has 2 heterocycles. The summed E-state index contributed by atoms with van der Waals surface area (Å²) in [6.07, 6.45) is 8.72. The molecule has 0 unspecified atom stereocenters. The highest BCUT2D eigenvalue weighted by Gasteiger charge is 2.19. The average molecular weight is 326 g/mol. The number of nitrogens with one attached hydrogen (secondary N) is 1. The van der Waals surface area contributed by atoms with E-state index in [-0.39, 0.29) is 5.91 Å². The lowest BCUT2D eigenvalue weighted by Crippen LogP contribution is -2.29. The molecule has 1 aliphatic carbocycles. The van der Waals surface area contributed by atoms with Crippen LogP contribution in [-0.4, -0.2) is 45.9 Å². The molecule has 0 aromatic carbocycles. The van der Waals surface area contributed by atoms with Crippen molar-refractivity contribution in [3.05, 3.63) is 0 Å². The van der Waals surface area contributed by atoms with Crippen LogP contribution < -0.4 is 5.32 Å². The molecule has 5 nitrogen and oxygen atoms in total. The Bertz CT molecular complexity index is 467. The molecule has 0 spiro atoms. The molecule has 0 radical (unpaired) electrons. The maximum absolute atomic E-state index is 12.0. The van der Waals surface area contributed by atoms with E-state index >= 15 is 0 Å². The topological polar surface area (TPSA) is 58.1 Å². The number of hydrogen-bond acceptors (Lipinski definition) is 6. The second-order valence-corrected chi connectivity index (χ2v) is 7.93. The number of hydrogen-bond donors (Lipinski definition) is 1. The summed E-state index contributed by atoms with van der Waals surface area (Å²) in [4.78, 5) is 13.9. The molecule has 1 aromatic rings. The Hall–Kier alpha value is -0.820. The third-order valence-electron chi connectivity index (χ3n) is 4.12. The van der Waals surface area contributed by atoms with Crippen LogP contribution in [-0.2, 0) is 4.79 Å². The Labute approximate surface area is 133 Å². The normalized spacial score (nSPS) is 19.9. The zero-order valence-electron chi connectivity index (χ0n) is 12.2. The summed E-state index contributed by atoms with van der Waals surface area (Å²) in [5, 5.41) is 12.8. The molecule has 116 valence electrons.